The van der Waals surface area contributed by atoms with Crippen molar-refractivity contribution in [3.63, 3.8) is 0 Å². The van der Waals surface area contributed by atoms with Crippen LogP contribution < -0.4 is 0 Å². The van der Waals surface area contributed by atoms with Crippen LogP contribution in [-0.4, -0.2) is 34.3 Å². The first-order valence-electron chi connectivity index (χ1n) is 8.03. The third-order valence-electron chi connectivity index (χ3n) is 4.18. The van der Waals surface area contributed by atoms with Crippen molar-refractivity contribution in [2.45, 2.75) is 46.5 Å². The van der Waals surface area contributed by atoms with Gasteiger partial charge in [0.2, 0.25) is 0 Å². The van der Waals surface area contributed by atoms with Crippen LogP contribution in [-0.2, 0) is 25.7 Å². The molecule has 0 unspecified atom stereocenters. The Morgan fingerprint density at radius 1 is 1.23 bits per heavy atom. The molecule has 0 aliphatic heterocycles. The molecule has 0 fully saturated rings. The fraction of sp³-hybridized carbons (Fsp3) is 0.467. The van der Waals surface area contributed by atoms with E-state index in [1.807, 2.05) is 18.5 Å². The van der Waals surface area contributed by atoms with Gasteiger partial charge in [-0.2, -0.15) is 28.5 Å². The first-order valence-corrected chi connectivity index (χ1v) is 8.44. The van der Waals surface area contributed by atoms with Crippen molar-refractivity contribution >= 4 is 12.2 Å². The first kappa shape index (κ1) is 18.4. The highest BCUT2D eigenvalue weighted by atomic mass is 32.1. The lowest BCUT2D eigenvalue weighted by Gasteiger charge is -2.08. The van der Waals surface area contributed by atoms with Gasteiger partial charge in [0.1, 0.15) is 5.82 Å². The molecule has 3 heterocycles. The number of hydrogen-bond donors (Lipinski definition) is 1. The normalized spacial score (nSPS) is 12.1. The van der Waals surface area contributed by atoms with E-state index in [0.29, 0.717) is 22.7 Å². The Balaban J connectivity index is 1.88. The zero-order valence-corrected chi connectivity index (χ0v) is 15.3. The van der Waals surface area contributed by atoms with E-state index < -0.39 is 11.9 Å². The lowest BCUT2D eigenvalue weighted by molar-refractivity contribution is -0.141. The Morgan fingerprint density at radius 3 is 2.54 bits per heavy atom. The van der Waals surface area contributed by atoms with Crippen molar-refractivity contribution < 1.29 is 13.2 Å². The van der Waals surface area contributed by atoms with Gasteiger partial charge in [0.15, 0.2) is 10.5 Å². The van der Waals surface area contributed by atoms with Crippen LogP contribution in [0.25, 0.3) is 5.69 Å². The molecule has 0 spiro atoms. The summed E-state index contributed by atoms with van der Waals surface area (Å²) in [5.74, 6) is 0.609. The molecule has 0 saturated carbocycles. The van der Waals surface area contributed by atoms with Crippen LogP contribution in [0.4, 0.5) is 13.2 Å². The Morgan fingerprint density at radius 2 is 1.96 bits per heavy atom. The number of nitrogens with zero attached hydrogens (tertiary/aromatic N) is 6. The van der Waals surface area contributed by atoms with Gasteiger partial charge >= 0.3 is 6.18 Å². The standard InChI is InChI=1S/C15H18F3N7S/c1-4-23-10(3)11(8-19-23)25-13(20-21-14(25)26)5-6-24-9(2)7-12(22-24)15(16,17)18/h7-8H,4-6H2,1-3H3,(H,21,26). The molecule has 0 bridgehead atoms. The molecule has 0 amide bonds. The molecule has 3 aromatic rings. The minimum Gasteiger partial charge on any atom is -0.269 e. The smallest absolute Gasteiger partial charge is 0.269 e. The van der Waals surface area contributed by atoms with Gasteiger partial charge in [-0.05, 0) is 39.1 Å². The summed E-state index contributed by atoms with van der Waals surface area (Å²) >= 11 is 5.31. The van der Waals surface area contributed by atoms with Gasteiger partial charge in [0, 0.05) is 25.2 Å². The summed E-state index contributed by atoms with van der Waals surface area (Å²) in [6.45, 7) is 6.48. The summed E-state index contributed by atoms with van der Waals surface area (Å²) in [5.41, 5.74) is 1.27. The molecule has 0 saturated heterocycles. The maximum Gasteiger partial charge on any atom is 0.435 e. The summed E-state index contributed by atoms with van der Waals surface area (Å²) < 4.78 is 43.7. The van der Waals surface area contributed by atoms with Crippen molar-refractivity contribution in [2.75, 3.05) is 0 Å². The Kier molecular flexibility index (Phi) is 4.74. The quantitative estimate of drug-likeness (QED) is 0.685. The van der Waals surface area contributed by atoms with Crippen LogP contribution in [0.5, 0.6) is 0 Å². The summed E-state index contributed by atoms with van der Waals surface area (Å²) in [6.07, 6.45) is -2.39. The molecule has 0 atom stereocenters. The second kappa shape index (κ2) is 6.71. The maximum absolute atomic E-state index is 12.8. The molecular weight excluding hydrogens is 367 g/mol. The van der Waals surface area contributed by atoms with Crippen LogP contribution in [0, 0.1) is 18.6 Å². The molecule has 7 nitrogen and oxygen atoms in total. The maximum atomic E-state index is 12.8. The predicted molar refractivity (Wildman–Crippen MR) is 90.6 cm³/mol. The number of hydrogen-bond acceptors (Lipinski definition) is 4. The van der Waals surface area contributed by atoms with Gasteiger partial charge < -0.3 is 0 Å². The highest BCUT2D eigenvalue weighted by molar-refractivity contribution is 7.71. The summed E-state index contributed by atoms with van der Waals surface area (Å²) in [6, 6.07) is 1.03. The third kappa shape index (κ3) is 3.30. The van der Waals surface area contributed by atoms with Gasteiger partial charge in [0.05, 0.1) is 17.6 Å². The van der Waals surface area contributed by atoms with Crippen LogP contribution in [0.1, 0.15) is 29.8 Å². The number of H-pyrrole nitrogens is 1. The number of aromatic amines is 1. The zero-order valence-electron chi connectivity index (χ0n) is 14.5. The van der Waals surface area contributed by atoms with E-state index in [1.54, 1.807) is 17.7 Å². The Bertz CT molecular complexity index is 976. The van der Waals surface area contributed by atoms with Gasteiger partial charge in [0.25, 0.3) is 0 Å². The van der Waals surface area contributed by atoms with Gasteiger partial charge in [-0.1, -0.05) is 0 Å². The summed E-state index contributed by atoms with van der Waals surface area (Å²) in [4.78, 5) is 0. The molecule has 140 valence electrons. The molecule has 3 rings (SSSR count). The Hall–Kier alpha value is -2.43. The molecule has 11 heteroatoms. The van der Waals surface area contributed by atoms with E-state index in [4.69, 9.17) is 12.2 Å². The fourth-order valence-electron chi connectivity index (χ4n) is 2.80. The van der Waals surface area contributed by atoms with E-state index >= 15 is 0 Å². The molecule has 1 N–H and O–H groups in total. The summed E-state index contributed by atoms with van der Waals surface area (Å²) in [5, 5.41) is 14.9. The van der Waals surface area contributed by atoms with Gasteiger partial charge in [-0.25, -0.2) is 0 Å². The highest BCUT2D eigenvalue weighted by Crippen LogP contribution is 2.28. The molecule has 0 radical (unpaired) electrons. The van der Waals surface area contributed by atoms with E-state index in [2.05, 4.69) is 20.4 Å². The number of alkyl halides is 3. The molecule has 0 aromatic carbocycles. The third-order valence-corrected chi connectivity index (χ3v) is 4.45. The number of rotatable bonds is 5. The molecular formula is C15H18F3N7S. The second-order valence-corrected chi connectivity index (χ2v) is 6.24. The fourth-order valence-corrected chi connectivity index (χ4v) is 3.05. The zero-order chi connectivity index (χ0) is 19.1. The van der Waals surface area contributed by atoms with Crippen molar-refractivity contribution in [1.82, 2.24) is 34.3 Å². The number of halogens is 3. The lowest BCUT2D eigenvalue weighted by Crippen LogP contribution is -2.12. The first-order chi connectivity index (χ1) is 12.2. The lowest BCUT2D eigenvalue weighted by atomic mass is 10.3. The minimum absolute atomic E-state index is 0.252. The number of nitrogens with one attached hydrogen (secondary N) is 1. The van der Waals surface area contributed by atoms with Crippen LogP contribution in [0.2, 0.25) is 0 Å². The number of aromatic nitrogens is 7. The molecule has 26 heavy (non-hydrogen) atoms. The van der Waals surface area contributed by atoms with Crippen LogP contribution in [0.3, 0.4) is 0 Å². The topological polar surface area (TPSA) is 69.2 Å². The number of aryl methyl sites for hydroxylation is 4. The van der Waals surface area contributed by atoms with Crippen molar-refractivity contribution in [3.05, 3.63) is 39.9 Å². The van der Waals surface area contributed by atoms with Crippen molar-refractivity contribution in [3.8, 4) is 5.69 Å². The van der Waals surface area contributed by atoms with E-state index in [0.717, 1.165) is 24.0 Å². The minimum atomic E-state index is -4.46. The average Bonchev–Trinajstić information content (AvgIpc) is 3.22. The molecule has 0 aliphatic carbocycles. The van der Waals surface area contributed by atoms with Crippen LogP contribution in [0.15, 0.2) is 12.3 Å². The van der Waals surface area contributed by atoms with E-state index in [-0.39, 0.29) is 6.54 Å². The van der Waals surface area contributed by atoms with Crippen molar-refractivity contribution in [2.24, 2.45) is 0 Å². The van der Waals surface area contributed by atoms with Crippen LogP contribution >= 0.6 is 12.2 Å². The molecule has 0 aliphatic rings. The monoisotopic (exact) mass is 385 g/mol. The van der Waals surface area contributed by atoms with Gasteiger partial charge in [-0.3, -0.25) is 19.0 Å². The largest absolute Gasteiger partial charge is 0.435 e. The predicted octanol–water partition coefficient (Wildman–Crippen LogP) is 3.22. The average molecular weight is 385 g/mol. The van der Waals surface area contributed by atoms with Gasteiger partial charge in [-0.15, -0.1) is 0 Å². The summed E-state index contributed by atoms with van der Waals surface area (Å²) in [7, 11) is 0. The highest BCUT2D eigenvalue weighted by Gasteiger charge is 2.34. The van der Waals surface area contributed by atoms with Crippen molar-refractivity contribution in [1.29, 1.82) is 0 Å². The van der Waals surface area contributed by atoms with E-state index in [1.165, 1.54) is 4.68 Å². The second-order valence-electron chi connectivity index (χ2n) is 5.85. The SMILES string of the molecule is CCn1ncc(-n2c(CCn3nc(C(F)(F)F)cc3C)n[nH]c2=S)c1C. The Labute approximate surface area is 152 Å². The van der Waals surface area contributed by atoms with E-state index in [9.17, 15) is 13.2 Å². The molecule has 3 aromatic heterocycles.